The first-order chi connectivity index (χ1) is 9.81. The molecular formula is C16H20FN3. The maximum absolute atomic E-state index is 13.7. The Morgan fingerprint density at radius 2 is 2.05 bits per heavy atom. The van der Waals surface area contributed by atoms with Crippen molar-refractivity contribution in [1.82, 2.24) is 10.3 Å². The molecule has 4 heteroatoms. The quantitative estimate of drug-likeness (QED) is 0.786. The highest BCUT2D eigenvalue weighted by Gasteiger charge is 2.08. The fraction of sp³-hybridized carbons (Fsp3) is 0.312. The summed E-state index contributed by atoms with van der Waals surface area (Å²) in [4.78, 5) is 6.11. The minimum atomic E-state index is -0.165. The number of pyridine rings is 1. The zero-order valence-corrected chi connectivity index (χ0v) is 11.7. The molecule has 0 bridgehead atoms. The minimum absolute atomic E-state index is 0.165. The van der Waals surface area contributed by atoms with E-state index < -0.39 is 0 Å². The van der Waals surface area contributed by atoms with Gasteiger partial charge in [0.25, 0.3) is 0 Å². The van der Waals surface area contributed by atoms with Crippen LogP contribution in [0.15, 0.2) is 48.8 Å². The van der Waals surface area contributed by atoms with Crippen molar-refractivity contribution in [2.45, 2.75) is 13.5 Å². The van der Waals surface area contributed by atoms with Crippen molar-refractivity contribution in [2.24, 2.45) is 0 Å². The van der Waals surface area contributed by atoms with Gasteiger partial charge in [0.1, 0.15) is 5.82 Å². The van der Waals surface area contributed by atoms with Crippen LogP contribution in [0.3, 0.4) is 0 Å². The van der Waals surface area contributed by atoms with Crippen LogP contribution in [0, 0.1) is 5.82 Å². The van der Waals surface area contributed by atoms with Crippen LogP contribution in [0.2, 0.25) is 0 Å². The van der Waals surface area contributed by atoms with Crippen LogP contribution in [0.1, 0.15) is 12.5 Å². The first kappa shape index (κ1) is 14.5. The monoisotopic (exact) mass is 273 g/mol. The van der Waals surface area contributed by atoms with E-state index in [-0.39, 0.29) is 5.82 Å². The van der Waals surface area contributed by atoms with Crippen LogP contribution in [0.4, 0.5) is 10.1 Å². The molecule has 0 spiro atoms. The Morgan fingerprint density at radius 1 is 1.20 bits per heavy atom. The molecular weight excluding hydrogens is 253 g/mol. The van der Waals surface area contributed by atoms with Crippen molar-refractivity contribution in [3.8, 4) is 0 Å². The van der Waals surface area contributed by atoms with Crippen molar-refractivity contribution in [1.29, 1.82) is 0 Å². The fourth-order valence-corrected chi connectivity index (χ4v) is 2.11. The zero-order valence-electron chi connectivity index (χ0n) is 11.7. The normalized spacial score (nSPS) is 10.5. The maximum Gasteiger partial charge on any atom is 0.146 e. The highest BCUT2D eigenvalue weighted by atomic mass is 19.1. The lowest BCUT2D eigenvalue weighted by Gasteiger charge is -2.23. The van der Waals surface area contributed by atoms with E-state index in [0.29, 0.717) is 5.69 Å². The number of hydrogen-bond acceptors (Lipinski definition) is 3. The number of benzene rings is 1. The molecule has 1 heterocycles. The summed E-state index contributed by atoms with van der Waals surface area (Å²) in [5.74, 6) is -0.165. The van der Waals surface area contributed by atoms with Crippen LogP contribution in [-0.4, -0.2) is 24.6 Å². The second-order valence-electron chi connectivity index (χ2n) is 4.57. The number of nitrogens with zero attached hydrogens (tertiary/aromatic N) is 2. The van der Waals surface area contributed by atoms with E-state index in [0.717, 1.165) is 31.7 Å². The average molecular weight is 273 g/mol. The third-order valence-corrected chi connectivity index (χ3v) is 3.19. The molecule has 1 aromatic heterocycles. The third kappa shape index (κ3) is 4.03. The molecule has 3 nitrogen and oxygen atoms in total. The van der Waals surface area contributed by atoms with Crippen molar-refractivity contribution < 1.29 is 4.39 Å². The van der Waals surface area contributed by atoms with E-state index >= 15 is 0 Å². The smallest absolute Gasteiger partial charge is 0.146 e. The molecule has 0 aliphatic heterocycles. The van der Waals surface area contributed by atoms with Gasteiger partial charge in [0.05, 0.1) is 5.69 Å². The van der Waals surface area contributed by atoms with E-state index in [1.54, 1.807) is 12.3 Å². The predicted octanol–water partition coefficient (Wildman–Crippen LogP) is 2.84. The molecule has 0 fully saturated rings. The first-order valence-electron chi connectivity index (χ1n) is 6.90. The van der Waals surface area contributed by atoms with Gasteiger partial charge in [-0.05, 0) is 30.7 Å². The summed E-state index contributed by atoms with van der Waals surface area (Å²) >= 11 is 0. The van der Waals surface area contributed by atoms with Gasteiger partial charge in [-0.3, -0.25) is 4.98 Å². The lowest BCUT2D eigenvalue weighted by atomic mass is 10.2. The summed E-state index contributed by atoms with van der Waals surface area (Å²) in [6.07, 6.45) is 3.61. The van der Waals surface area contributed by atoms with Gasteiger partial charge in [-0.25, -0.2) is 4.39 Å². The SMILES string of the molecule is CCN(CCNCc1cccnc1)c1ccccc1F. The van der Waals surface area contributed by atoms with Crippen LogP contribution in [0.5, 0.6) is 0 Å². The van der Waals surface area contributed by atoms with Crippen molar-refractivity contribution in [2.75, 3.05) is 24.5 Å². The largest absolute Gasteiger partial charge is 0.368 e. The van der Waals surface area contributed by atoms with E-state index in [1.807, 2.05) is 42.3 Å². The molecule has 2 aromatic rings. The van der Waals surface area contributed by atoms with Gasteiger partial charge in [-0.1, -0.05) is 18.2 Å². The Balaban J connectivity index is 1.81. The first-order valence-corrected chi connectivity index (χ1v) is 6.90. The number of anilines is 1. The summed E-state index contributed by atoms with van der Waals surface area (Å²) in [6, 6.07) is 10.9. The highest BCUT2D eigenvalue weighted by molar-refractivity contribution is 5.47. The fourth-order valence-electron chi connectivity index (χ4n) is 2.11. The van der Waals surface area contributed by atoms with Crippen molar-refractivity contribution in [3.63, 3.8) is 0 Å². The molecule has 0 aliphatic carbocycles. The zero-order chi connectivity index (χ0) is 14.2. The topological polar surface area (TPSA) is 28.2 Å². The average Bonchev–Trinajstić information content (AvgIpc) is 2.50. The molecule has 1 N–H and O–H groups in total. The molecule has 0 saturated heterocycles. The number of aromatic nitrogens is 1. The molecule has 0 amide bonds. The van der Waals surface area contributed by atoms with Crippen LogP contribution < -0.4 is 10.2 Å². The molecule has 0 radical (unpaired) electrons. The van der Waals surface area contributed by atoms with Crippen molar-refractivity contribution in [3.05, 3.63) is 60.2 Å². The molecule has 0 saturated carbocycles. The van der Waals surface area contributed by atoms with E-state index in [4.69, 9.17) is 0 Å². The Kier molecular flexibility index (Phi) is 5.50. The Labute approximate surface area is 119 Å². The van der Waals surface area contributed by atoms with Crippen LogP contribution in [0.25, 0.3) is 0 Å². The highest BCUT2D eigenvalue weighted by Crippen LogP contribution is 2.17. The Hall–Kier alpha value is -1.94. The number of nitrogens with one attached hydrogen (secondary N) is 1. The molecule has 2 rings (SSSR count). The van der Waals surface area contributed by atoms with Gasteiger partial charge in [0.2, 0.25) is 0 Å². The summed E-state index contributed by atoms with van der Waals surface area (Å²) in [5, 5.41) is 3.35. The minimum Gasteiger partial charge on any atom is -0.368 e. The van der Waals surface area contributed by atoms with Gasteiger partial charge in [0, 0.05) is 38.6 Å². The molecule has 106 valence electrons. The Bertz CT molecular complexity index is 516. The maximum atomic E-state index is 13.7. The number of rotatable bonds is 7. The molecule has 0 unspecified atom stereocenters. The number of likely N-dealkylation sites (N-methyl/N-ethyl adjacent to an activating group) is 1. The summed E-state index contributed by atoms with van der Waals surface area (Å²) in [5.41, 5.74) is 1.82. The third-order valence-electron chi connectivity index (χ3n) is 3.19. The second-order valence-corrected chi connectivity index (χ2v) is 4.57. The lowest BCUT2D eigenvalue weighted by molar-refractivity contribution is 0.609. The molecule has 0 atom stereocenters. The summed E-state index contributed by atoms with van der Waals surface area (Å²) in [6.45, 7) is 5.18. The molecule has 0 aliphatic rings. The second kappa shape index (κ2) is 7.60. The number of hydrogen-bond donors (Lipinski definition) is 1. The Morgan fingerprint density at radius 3 is 2.75 bits per heavy atom. The summed E-state index contributed by atoms with van der Waals surface area (Å²) < 4.78 is 13.7. The van der Waals surface area contributed by atoms with Crippen LogP contribution in [-0.2, 0) is 6.54 Å². The predicted molar refractivity (Wildman–Crippen MR) is 80.2 cm³/mol. The lowest BCUT2D eigenvalue weighted by Crippen LogP contribution is -2.32. The summed E-state index contributed by atoms with van der Waals surface area (Å²) in [7, 11) is 0. The van der Waals surface area contributed by atoms with Gasteiger partial charge in [-0.15, -0.1) is 0 Å². The van der Waals surface area contributed by atoms with E-state index in [2.05, 4.69) is 10.3 Å². The van der Waals surface area contributed by atoms with Crippen LogP contribution >= 0.6 is 0 Å². The number of para-hydroxylation sites is 1. The van der Waals surface area contributed by atoms with Gasteiger partial charge >= 0.3 is 0 Å². The number of halogens is 1. The van der Waals surface area contributed by atoms with Gasteiger partial charge in [-0.2, -0.15) is 0 Å². The van der Waals surface area contributed by atoms with Crippen molar-refractivity contribution >= 4 is 5.69 Å². The van der Waals surface area contributed by atoms with Gasteiger partial charge in [0.15, 0.2) is 0 Å². The molecule has 1 aromatic carbocycles. The molecule has 20 heavy (non-hydrogen) atoms. The van der Waals surface area contributed by atoms with Gasteiger partial charge < -0.3 is 10.2 Å². The van der Waals surface area contributed by atoms with E-state index in [1.165, 1.54) is 6.07 Å². The standard InChI is InChI=1S/C16H20FN3/c1-2-20(16-8-4-3-7-15(16)17)11-10-19-13-14-6-5-9-18-12-14/h3-9,12,19H,2,10-11,13H2,1H3. The van der Waals surface area contributed by atoms with E-state index in [9.17, 15) is 4.39 Å².